The topological polar surface area (TPSA) is 86.7 Å². The molecular formula is C10H18N2O4. The normalized spacial score (nSPS) is 11.7. The molecule has 0 saturated heterocycles. The van der Waals surface area contributed by atoms with Gasteiger partial charge in [0.25, 0.3) is 0 Å². The number of amides is 2. The Morgan fingerprint density at radius 2 is 1.94 bits per heavy atom. The lowest BCUT2D eigenvalue weighted by molar-refractivity contribution is -0.140. The number of hydrogen-bond donors (Lipinski definition) is 2. The van der Waals surface area contributed by atoms with Crippen LogP contribution in [-0.4, -0.2) is 46.9 Å². The second-order valence-corrected chi connectivity index (χ2v) is 3.54. The molecule has 1 unspecified atom stereocenters. The molecule has 92 valence electrons. The summed E-state index contributed by atoms with van der Waals surface area (Å²) in [6.07, 6.45) is -0.0976. The van der Waals surface area contributed by atoms with Gasteiger partial charge in [-0.05, 0) is 13.8 Å². The van der Waals surface area contributed by atoms with Gasteiger partial charge in [-0.15, -0.1) is 0 Å². The van der Waals surface area contributed by atoms with Crippen LogP contribution in [0.1, 0.15) is 27.2 Å². The van der Waals surface area contributed by atoms with E-state index in [1.54, 1.807) is 13.8 Å². The van der Waals surface area contributed by atoms with Crippen LogP contribution in [0.15, 0.2) is 0 Å². The highest BCUT2D eigenvalue weighted by Crippen LogP contribution is 2.03. The average molecular weight is 230 g/mol. The van der Waals surface area contributed by atoms with Crippen LogP contribution in [0.2, 0.25) is 0 Å². The number of aliphatic carboxylic acids is 1. The van der Waals surface area contributed by atoms with Crippen molar-refractivity contribution in [2.24, 2.45) is 0 Å². The molecule has 0 rings (SSSR count). The summed E-state index contributed by atoms with van der Waals surface area (Å²) in [5, 5.41) is 11.0. The van der Waals surface area contributed by atoms with Gasteiger partial charge < -0.3 is 15.3 Å². The summed E-state index contributed by atoms with van der Waals surface area (Å²) in [4.78, 5) is 34.2. The standard InChI is InChI=1S/C10H18N2O4/c1-4-12(7(2)5-10(15)16)9(14)6-11-8(3)13/h7H,4-6H2,1-3H3,(H,11,13)(H,15,16). The first-order chi connectivity index (χ1) is 7.38. The minimum absolute atomic E-state index is 0.0901. The predicted octanol–water partition coefficient (Wildman–Crippen LogP) is -0.166. The van der Waals surface area contributed by atoms with Crippen molar-refractivity contribution in [1.82, 2.24) is 10.2 Å². The molecule has 0 saturated carbocycles. The van der Waals surface area contributed by atoms with Crippen molar-refractivity contribution >= 4 is 17.8 Å². The van der Waals surface area contributed by atoms with Crippen LogP contribution in [0.3, 0.4) is 0 Å². The first kappa shape index (κ1) is 14.4. The van der Waals surface area contributed by atoms with Crippen LogP contribution in [0.25, 0.3) is 0 Å². The highest BCUT2D eigenvalue weighted by Gasteiger charge is 2.20. The maximum Gasteiger partial charge on any atom is 0.305 e. The SMILES string of the molecule is CCN(C(=O)CNC(C)=O)C(C)CC(=O)O. The molecule has 6 heteroatoms. The third-order valence-corrected chi connectivity index (χ3v) is 2.15. The van der Waals surface area contributed by atoms with Crippen LogP contribution in [-0.2, 0) is 14.4 Å². The van der Waals surface area contributed by atoms with Gasteiger partial charge in [0.15, 0.2) is 0 Å². The van der Waals surface area contributed by atoms with Gasteiger partial charge >= 0.3 is 5.97 Å². The molecule has 2 N–H and O–H groups in total. The van der Waals surface area contributed by atoms with Crippen molar-refractivity contribution in [2.75, 3.05) is 13.1 Å². The fourth-order valence-electron chi connectivity index (χ4n) is 1.40. The molecule has 0 aliphatic heterocycles. The second-order valence-electron chi connectivity index (χ2n) is 3.54. The van der Waals surface area contributed by atoms with Crippen molar-refractivity contribution in [1.29, 1.82) is 0 Å². The van der Waals surface area contributed by atoms with E-state index in [9.17, 15) is 14.4 Å². The molecule has 1 atom stereocenters. The van der Waals surface area contributed by atoms with Gasteiger partial charge in [0.1, 0.15) is 0 Å². The summed E-state index contributed by atoms with van der Waals surface area (Å²) in [6.45, 7) is 5.09. The van der Waals surface area contributed by atoms with E-state index in [1.807, 2.05) is 0 Å². The highest BCUT2D eigenvalue weighted by molar-refractivity contribution is 5.84. The fraction of sp³-hybridized carbons (Fsp3) is 0.700. The number of carbonyl (C=O) groups is 3. The Hall–Kier alpha value is -1.59. The first-order valence-electron chi connectivity index (χ1n) is 5.14. The van der Waals surface area contributed by atoms with Gasteiger partial charge in [-0.25, -0.2) is 0 Å². The summed E-state index contributed by atoms with van der Waals surface area (Å²) in [7, 11) is 0. The third-order valence-electron chi connectivity index (χ3n) is 2.15. The fourth-order valence-corrected chi connectivity index (χ4v) is 1.40. The van der Waals surface area contributed by atoms with Crippen molar-refractivity contribution in [3.8, 4) is 0 Å². The van der Waals surface area contributed by atoms with Crippen LogP contribution in [0.5, 0.6) is 0 Å². The largest absolute Gasteiger partial charge is 0.481 e. The number of rotatable bonds is 6. The van der Waals surface area contributed by atoms with Crippen molar-refractivity contribution in [2.45, 2.75) is 33.2 Å². The minimum Gasteiger partial charge on any atom is -0.481 e. The van der Waals surface area contributed by atoms with Crippen molar-refractivity contribution in [3.05, 3.63) is 0 Å². The van der Waals surface area contributed by atoms with E-state index in [0.717, 1.165) is 0 Å². The maximum atomic E-state index is 11.6. The zero-order chi connectivity index (χ0) is 12.7. The number of nitrogens with zero attached hydrogens (tertiary/aromatic N) is 1. The summed E-state index contributed by atoms with van der Waals surface area (Å²) in [5.74, 6) is -1.50. The molecule has 6 nitrogen and oxygen atoms in total. The van der Waals surface area contributed by atoms with E-state index in [4.69, 9.17) is 5.11 Å². The zero-order valence-corrected chi connectivity index (χ0v) is 9.82. The average Bonchev–Trinajstić information content (AvgIpc) is 2.14. The van der Waals surface area contributed by atoms with Gasteiger partial charge in [0.05, 0.1) is 13.0 Å². The van der Waals surface area contributed by atoms with Gasteiger partial charge in [0.2, 0.25) is 11.8 Å². The number of carboxylic acid groups (broad SMARTS) is 1. The Morgan fingerprint density at radius 1 is 1.38 bits per heavy atom. The van der Waals surface area contributed by atoms with Crippen LogP contribution >= 0.6 is 0 Å². The molecule has 0 heterocycles. The molecule has 0 aliphatic rings. The van der Waals surface area contributed by atoms with Crippen LogP contribution in [0.4, 0.5) is 0 Å². The maximum absolute atomic E-state index is 11.6. The van der Waals surface area contributed by atoms with E-state index in [-0.39, 0.29) is 30.8 Å². The molecule has 0 aromatic rings. The summed E-state index contributed by atoms with van der Waals surface area (Å²) < 4.78 is 0. The Balaban J connectivity index is 4.30. The highest BCUT2D eigenvalue weighted by atomic mass is 16.4. The molecule has 0 spiro atoms. The molecule has 0 aliphatic carbocycles. The molecule has 2 amide bonds. The minimum atomic E-state index is -0.946. The zero-order valence-electron chi connectivity index (χ0n) is 9.82. The van der Waals surface area contributed by atoms with E-state index in [0.29, 0.717) is 6.54 Å². The van der Waals surface area contributed by atoms with E-state index in [1.165, 1.54) is 11.8 Å². The quantitative estimate of drug-likeness (QED) is 0.663. The lowest BCUT2D eigenvalue weighted by Gasteiger charge is -2.27. The molecular weight excluding hydrogens is 212 g/mol. The first-order valence-corrected chi connectivity index (χ1v) is 5.14. The molecule has 0 bridgehead atoms. The number of nitrogens with one attached hydrogen (secondary N) is 1. The smallest absolute Gasteiger partial charge is 0.305 e. The third kappa shape index (κ3) is 5.33. The molecule has 0 radical (unpaired) electrons. The van der Waals surface area contributed by atoms with Crippen molar-refractivity contribution < 1.29 is 19.5 Å². The Labute approximate surface area is 94.6 Å². The number of hydrogen-bond acceptors (Lipinski definition) is 3. The van der Waals surface area contributed by atoms with Gasteiger partial charge in [-0.2, -0.15) is 0 Å². The number of carbonyl (C=O) groups excluding carboxylic acids is 2. The Morgan fingerprint density at radius 3 is 2.31 bits per heavy atom. The second kappa shape index (κ2) is 6.81. The lowest BCUT2D eigenvalue weighted by Crippen LogP contribution is -2.44. The summed E-state index contributed by atoms with van der Waals surface area (Å²) in [6, 6.07) is -0.372. The van der Waals surface area contributed by atoms with E-state index < -0.39 is 5.97 Å². The lowest BCUT2D eigenvalue weighted by atomic mass is 10.2. The van der Waals surface area contributed by atoms with Gasteiger partial charge in [-0.1, -0.05) is 0 Å². The Bertz CT molecular complexity index is 278. The monoisotopic (exact) mass is 230 g/mol. The molecule has 0 fully saturated rings. The molecule has 0 aromatic heterocycles. The number of likely N-dealkylation sites (N-methyl/N-ethyl adjacent to an activating group) is 1. The predicted molar refractivity (Wildman–Crippen MR) is 57.8 cm³/mol. The van der Waals surface area contributed by atoms with Crippen molar-refractivity contribution in [3.63, 3.8) is 0 Å². The van der Waals surface area contributed by atoms with Gasteiger partial charge in [-0.3, -0.25) is 14.4 Å². The summed E-state index contributed by atoms with van der Waals surface area (Å²) >= 11 is 0. The summed E-state index contributed by atoms with van der Waals surface area (Å²) in [5.41, 5.74) is 0. The number of carboxylic acids is 1. The van der Waals surface area contributed by atoms with Crippen LogP contribution in [0, 0.1) is 0 Å². The van der Waals surface area contributed by atoms with Gasteiger partial charge in [0, 0.05) is 19.5 Å². The molecule has 0 aromatic carbocycles. The van der Waals surface area contributed by atoms with E-state index >= 15 is 0 Å². The van der Waals surface area contributed by atoms with E-state index in [2.05, 4.69) is 5.32 Å². The Kier molecular flexibility index (Phi) is 6.14. The van der Waals surface area contributed by atoms with Crippen LogP contribution < -0.4 is 5.32 Å². The molecule has 16 heavy (non-hydrogen) atoms.